The molecule has 0 radical (unpaired) electrons. The monoisotopic (exact) mass is 564 g/mol. The number of hydrogen-bond acceptors (Lipinski definition) is 5. The van der Waals surface area contributed by atoms with Crippen LogP contribution >= 0.6 is 11.6 Å². The van der Waals surface area contributed by atoms with Crippen molar-refractivity contribution in [3.05, 3.63) is 54.1 Å². The molecular weight excluding hydrogens is 542 g/mol. The Hall–Kier alpha value is -2.93. The van der Waals surface area contributed by atoms with E-state index >= 15 is 0 Å². The second-order valence-corrected chi connectivity index (χ2v) is 9.84. The van der Waals surface area contributed by atoms with Gasteiger partial charge in [-0.3, -0.25) is 14.5 Å². The highest BCUT2D eigenvalue weighted by Crippen LogP contribution is 2.59. The van der Waals surface area contributed by atoms with Crippen molar-refractivity contribution in [2.24, 2.45) is 0 Å². The number of nitrogens with zero attached hydrogens (tertiary/aromatic N) is 3. The summed E-state index contributed by atoms with van der Waals surface area (Å²) in [6.45, 7) is -1.70. The molecule has 1 aromatic carbocycles. The zero-order valence-electron chi connectivity index (χ0n) is 19.9. The summed E-state index contributed by atoms with van der Waals surface area (Å²) in [5.41, 5.74) is -6.73. The van der Waals surface area contributed by atoms with E-state index in [0.717, 1.165) is 11.2 Å². The van der Waals surface area contributed by atoms with Gasteiger partial charge in [-0.25, -0.2) is 14.4 Å². The van der Waals surface area contributed by atoms with Gasteiger partial charge in [-0.1, -0.05) is 23.7 Å². The Morgan fingerprint density at radius 2 is 1.68 bits per heavy atom. The van der Waals surface area contributed by atoms with E-state index < -0.39 is 53.3 Å². The van der Waals surface area contributed by atoms with Gasteiger partial charge >= 0.3 is 12.8 Å². The molecule has 2 aromatic rings. The number of rotatable bonds is 9. The zero-order chi connectivity index (χ0) is 27.9. The van der Waals surface area contributed by atoms with Gasteiger partial charge in [0.2, 0.25) is 0 Å². The lowest BCUT2D eigenvalue weighted by Crippen LogP contribution is -2.61. The van der Waals surface area contributed by atoms with Crippen LogP contribution in [0.2, 0.25) is 0 Å². The topological polar surface area (TPSA) is 84.4 Å². The normalized spacial score (nSPS) is 22.7. The van der Waals surface area contributed by atoms with E-state index in [1.165, 1.54) is 43.6 Å². The number of halogens is 7. The first kappa shape index (κ1) is 28.1. The van der Waals surface area contributed by atoms with E-state index in [0.29, 0.717) is 0 Å². The van der Waals surface area contributed by atoms with Crippen LogP contribution in [-0.2, 0) is 25.3 Å². The van der Waals surface area contributed by atoms with E-state index in [-0.39, 0.29) is 42.5 Å². The third kappa shape index (κ3) is 5.18. The van der Waals surface area contributed by atoms with Gasteiger partial charge in [0.15, 0.2) is 5.54 Å². The van der Waals surface area contributed by atoms with Crippen molar-refractivity contribution in [3.63, 3.8) is 0 Å². The summed E-state index contributed by atoms with van der Waals surface area (Å²) in [5, 5.41) is 2.64. The highest BCUT2D eigenvalue weighted by Gasteiger charge is 2.64. The first-order chi connectivity index (χ1) is 17.8. The van der Waals surface area contributed by atoms with Crippen molar-refractivity contribution in [1.82, 2.24) is 15.3 Å². The summed E-state index contributed by atoms with van der Waals surface area (Å²) in [4.78, 5) is 35.2. The van der Waals surface area contributed by atoms with Crippen LogP contribution in [0.3, 0.4) is 0 Å². The van der Waals surface area contributed by atoms with E-state index in [2.05, 4.69) is 20.0 Å². The van der Waals surface area contributed by atoms with Crippen LogP contribution in [0.4, 0.5) is 32.0 Å². The van der Waals surface area contributed by atoms with Gasteiger partial charge in [0.25, 0.3) is 17.4 Å². The van der Waals surface area contributed by atoms with Gasteiger partial charge in [0.05, 0.1) is 11.5 Å². The van der Waals surface area contributed by atoms with Crippen LogP contribution < -0.4 is 10.2 Å². The minimum atomic E-state index is -4.48. The summed E-state index contributed by atoms with van der Waals surface area (Å²) in [5.74, 6) is -2.19. The maximum Gasteiger partial charge on any atom is 0.398 e. The van der Waals surface area contributed by atoms with Crippen LogP contribution in [0.15, 0.2) is 43.0 Å². The molecule has 0 unspecified atom stereocenters. The number of benzene rings is 1. The lowest BCUT2D eigenvalue weighted by atomic mass is 9.85. The molecule has 0 saturated heterocycles. The Bertz CT molecular complexity index is 1160. The third-order valence-corrected chi connectivity index (χ3v) is 7.30. The van der Waals surface area contributed by atoms with Gasteiger partial charge < -0.3 is 10.1 Å². The van der Waals surface area contributed by atoms with E-state index in [1.807, 2.05) is 0 Å². The van der Waals surface area contributed by atoms with Gasteiger partial charge in [-0.05, 0) is 50.3 Å². The van der Waals surface area contributed by atoms with E-state index in [4.69, 9.17) is 11.6 Å². The Kier molecular flexibility index (Phi) is 7.63. The Labute approximate surface area is 218 Å². The van der Waals surface area contributed by atoms with Gasteiger partial charge in [0.1, 0.15) is 6.33 Å². The molecule has 2 fully saturated rings. The van der Waals surface area contributed by atoms with Crippen molar-refractivity contribution in [2.45, 2.75) is 74.1 Å². The van der Waals surface area contributed by atoms with Gasteiger partial charge in [-0.15, -0.1) is 0 Å². The Balaban J connectivity index is 1.70. The number of alkyl halides is 7. The third-order valence-electron chi connectivity index (χ3n) is 7.12. The second-order valence-electron chi connectivity index (χ2n) is 9.46. The van der Waals surface area contributed by atoms with E-state index in [9.17, 15) is 35.9 Å². The SMILES string of the molecule is C[C@@](C(=O)NC1CC(OC(F)F)C1)(c1cncnc1)N(C(=O)[C@H](F)Cl)c1ccc(C2(C(F)(F)F)CC2)cc1. The molecule has 2 aliphatic rings. The van der Waals surface area contributed by atoms with Crippen LogP contribution in [-0.4, -0.2) is 52.3 Å². The molecule has 2 saturated carbocycles. The number of carbonyl (C=O) groups excluding carboxylic acids is 2. The number of carbonyl (C=O) groups is 2. The molecule has 0 spiro atoms. The summed E-state index contributed by atoms with van der Waals surface area (Å²) in [7, 11) is 0. The average molecular weight is 565 g/mol. The van der Waals surface area contributed by atoms with Crippen molar-refractivity contribution in [2.75, 3.05) is 4.90 Å². The van der Waals surface area contributed by atoms with Crippen molar-refractivity contribution in [3.8, 4) is 0 Å². The summed E-state index contributed by atoms with van der Waals surface area (Å²) < 4.78 is 84.4. The first-order valence-electron chi connectivity index (χ1n) is 11.6. The average Bonchev–Trinajstić information content (AvgIpc) is 3.65. The fourth-order valence-electron chi connectivity index (χ4n) is 4.67. The molecule has 1 heterocycles. The minimum Gasteiger partial charge on any atom is -0.351 e. The van der Waals surface area contributed by atoms with Gasteiger partial charge in [-0.2, -0.15) is 22.0 Å². The molecule has 1 N–H and O–H groups in total. The lowest BCUT2D eigenvalue weighted by molar-refractivity contribution is -0.186. The molecule has 38 heavy (non-hydrogen) atoms. The van der Waals surface area contributed by atoms with Crippen LogP contribution in [0.1, 0.15) is 43.7 Å². The molecule has 0 bridgehead atoms. The fraction of sp³-hybridized carbons (Fsp3) is 0.500. The largest absolute Gasteiger partial charge is 0.398 e. The smallest absolute Gasteiger partial charge is 0.351 e. The van der Waals surface area contributed by atoms with Crippen molar-refractivity contribution >= 4 is 29.1 Å². The minimum absolute atomic E-state index is 0.0300. The maximum absolute atomic E-state index is 14.3. The highest BCUT2D eigenvalue weighted by molar-refractivity contribution is 6.32. The number of amides is 2. The zero-order valence-corrected chi connectivity index (χ0v) is 20.6. The number of hydrogen-bond donors (Lipinski definition) is 1. The number of ether oxygens (including phenoxy) is 1. The Morgan fingerprint density at radius 3 is 2.16 bits per heavy atom. The van der Waals surface area contributed by atoms with Crippen LogP contribution in [0.5, 0.6) is 0 Å². The summed E-state index contributed by atoms with van der Waals surface area (Å²) in [6, 6.07) is 4.13. The number of aromatic nitrogens is 2. The molecule has 14 heteroatoms. The van der Waals surface area contributed by atoms with Crippen molar-refractivity contribution < 1.29 is 40.7 Å². The maximum atomic E-state index is 14.3. The van der Waals surface area contributed by atoms with Crippen LogP contribution in [0, 0.1) is 0 Å². The molecule has 7 nitrogen and oxygen atoms in total. The Morgan fingerprint density at radius 1 is 1.11 bits per heavy atom. The molecular formula is C24H23ClF6N4O3. The molecule has 4 rings (SSSR count). The van der Waals surface area contributed by atoms with Gasteiger partial charge in [0, 0.05) is 29.7 Å². The molecule has 0 aliphatic heterocycles. The molecule has 2 aliphatic carbocycles. The first-order valence-corrected chi connectivity index (χ1v) is 12.0. The highest BCUT2D eigenvalue weighted by atomic mass is 35.5. The van der Waals surface area contributed by atoms with Crippen molar-refractivity contribution in [1.29, 1.82) is 0 Å². The molecule has 2 atom stereocenters. The predicted octanol–water partition coefficient (Wildman–Crippen LogP) is 4.74. The molecule has 206 valence electrons. The van der Waals surface area contributed by atoms with E-state index in [1.54, 1.807) is 0 Å². The number of anilines is 1. The molecule has 1 aromatic heterocycles. The lowest BCUT2D eigenvalue weighted by Gasteiger charge is -2.43. The summed E-state index contributed by atoms with van der Waals surface area (Å²) in [6.07, 6.45) is -1.71. The second kappa shape index (κ2) is 10.3. The predicted molar refractivity (Wildman–Crippen MR) is 123 cm³/mol. The number of nitrogens with one attached hydrogen (secondary N) is 1. The van der Waals surface area contributed by atoms with Crippen LogP contribution in [0.25, 0.3) is 0 Å². The standard InChI is InChI=1S/C24H23ClF6N4O3/c1-22(14-10-32-12-33-11-14,20(37)34-15-8-17(9-15)38-21(27)28)35(19(36)18(25)26)16-4-2-13(3-5-16)23(6-7-23)24(29,30)31/h2-5,10-12,15,17-18,21H,6-9H2,1H3,(H,34,37)/t15?,17?,18-,22-/m0/s1. The summed E-state index contributed by atoms with van der Waals surface area (Å²) >= 11 is 5.50. The fourth-order valence-corrected chi connectivity index (χ4v) is 4.77. The quantitative estimate of drug-likeness (QED) is 0.351. The molecule has 2 amide bonds.